The third kappa shape index (κ3) is 4.90. The van der Waals surface area contributed by atoms with E-state index in [1.165, 1.54) is 0 Å². The molecule has 0 aliphatic rings. The van der Waals surface area contributed by atoms with E-state index in [2.05, 4.69) is 62.6 Å². The lowest BCUT2D eigenvalue weighted by Crippen LogP contribution is -2.12. The van der Waals surface area contributed by atoms with Crippen LogP contribution in [0.5, 0.6) is 11.5 Å². The minimum atomic E-state index is -0.161. The van der Waals surface area contributed by atoms with Gasteiger partial charge in [-0.15, -0.1) is 0 Å². The van der Waals surface area contributed by atoms with Gasteiger partial charge in [0, 0.05) is 46.7 Å². The van der Waals surface area contributed by atoms with Crippen molar-refractivity contribution in [1.29, 1.82) is 0 Å². The van der Waals surface area contributed by atoms with Crippen molar-refractivity contribution >= 4 is 11.4 Å². The van der Waals surface area contributed by atoms with Crippen molar-refractivity contribution in [2.24, 2.45) is 0 Å². The molecule has 0 atom stereocenters. The molecule has 1 heterocycles. The van der Waals surface area contributed by atoms with Crippen LogP contribution in [0, 0.1) is 0 Å². The number of methoxy groups -OCH3 is 2. The van der Waals surface area contributed by atoms with Crippen molar-refractivity contribution in [3.63, 3.8) is 0 Å². The third-order valence-corrected chi connectivity index (χ3v) is 4.83. The van der Waals surface area contributed by atoms with Gasteiger partial charge in [-0.05, 0) is 52.0 Å². The van der Waals surface area contributed by atoms with Gasteiger partial charge in [-0.1, -0.05) is 12.1 Å². The van der Waals surface area contributed by atoms with Gasteiger partial charge in [0.05, 0.1) is 26.4 Å². The minimum absolute atomic E-state index is 0.161. The number of hydrogen-bond acceptors (Lipinski definition) is 5. The average molecular weight is 409 g/mol. The summed E-state index contributed by atoms with van der Waals surface area (Å²) in [6.07, 6.45) is 1.70. The van der Waals surface area contributed by atoms with Gasteiger partial charge in [0.25, 0.3) is 0 Å². The normalized spacial score (nSPS) is 11.2. The average Bonchev–Trinajstić information content (AvgIpc) is 3.23. The van der Waals surface area contributed by atoms with E-state index in [9.17, 15) is 0 Å². The lowest BCUT2D eigenvalue weighted by Gasteiger charge is -2.23. The predicted octanol–water partition coefficient (Wildman–Crippen LogP) is 6.12. The highest BCUT2D eigenvalue weighted by molar-refractivity contribution is 5.60. The van der Waals surface area contributed by atoms with E-state index in [1.807, 2.05) is 24.3 Å². The summed E-state index contributed by atoms with van der Waals surface area (Å²) < 4.78 is 17.4. The maximum atomic E-state index is 5.85. The fraction of sp³-hybridized carbons (Fsp3) is 0.360. The second kappa shape index (κ2) is 9.61. The SMILES string of the molecule is COc1cc(NC(C)C)ccc1C(c1ccco1)c1ccc(NC(C)C)cc1OC. The molecule has 0 unspecified atom stereocenters. The molecule has 0 radical (unpaired) electrons. The van der Waals surface area contributed by atoms with E-state index in [4.69, 9.17) is 13.9 Å². The van der Waals surface area contributed by atoms with E-state index in [1.54, 1.807) is 20.5 Å². The van der Waals surface area contributed by atoms with Gasteiger partial charge >= 0.3 is 0 Å². The Hall–Kier alpha value is -3.08. The summed E-state index contributed by atoms with van der Waals surface area (Å²) >= 11 is 0. The first-order valence-corrected chi connectivity index (χ1v) is 10.3. The zero-order valence-electron chi connectivity index (χ0n) is 18.7. The molecule has 160 valence electrons. The second-order valence-corrected chi connectivity index (χ2v) is 7.96. The van der Waals surface area contributed by atoms with Crippen LogP contribution in [0.2, 0.25) is 0 Å². The van der Waals surface area contributed by atoms with Crippen LogP contribution in [0.4, 0.5) is 11.4 Å². The molecule has 3 aromatic rings. The first-order valence-electron chi connectivity index (χ1n) is 10.3. The summed E-state index contributed by atoms with van der Waals surface area (Å²) in [5.41, 5.74) is 4.08. The number of anilines is 2. The molecule has 0 aliphatic carbocycles. The van der Waals surface area contributed by atoms with Gasteiger partial charge in [-0.25, -0.2) is 0 Å². The maximum absolute atomic E-state index is 5.85. The molecular weight excluding hydrogens is 376 g/mol. The van der Waals surface area contributed by atoms with Crippen LogP contribution in [0.15, 0.2) is 59.2 Å². The molecular formula is C25H32N2O3. The molecule has 1 aromatic heterocycles. The molecule has 0 aliphatic heterocycles. The van der Waals surface area contributed by atoms with E-state index >= 15 is 0 Å². The Morgan fingerprint density at radius 1 is 0.733 bits per heavy atom. The van der Waals surface area contributed by atoms with Crippen LogP contribution in [0.1, 0.15) is 50.5 Å². The molecule has 2 N–H and O–H groups in total. The summed E-state index contributed by atoms with van der Waals surface area (Å²) in [6.45, 7) is 8.46. The first-order chi connectivity index (χ1) is 14.4. The number of nitrogens with one attached hydrogen (secondary N) is 2. The molecule has 5 heteroatoms. The van der Waals surface area contributed by atoms with Crippen molar-refractivity contribution in [1.82, 2.24) is 0 Å². The molecule has 0 fully saturated rings. The lowest BCUT2D eigenvalue weighted by molar-refractivity contribution is 0.397. The molecule has 3 rings (SSSR count). The molecule has 0 saturated carbocycles. The summed E-state index contributed by atoms with van der Waals surface area (Å²) in [5.74, 6) is 2.27. The molecule has 0 bridgehead atoms. The first kappa shape index (κ1) is 21.6. The van der Waals surface area contributed by atoms with Gasteiger partial charge < -0.3 is 24.5 Å². The van der Waals surface area contributed by atoms with Crippen molar-refractivity contribution in [3.05, 3.63) is 71.7 Å². The zero-order valence-corrected chi connectivity index (χ0v) is 18.7. The van der Waals surface area contributed by atoms with Gasteiger partial charge in [0.1, 0.15) is 17.3 Å². The summed E-state index contributed by atoms with van der Waals surface area (Å²) in [7, 11) is 3.40. The second-order valence-electron chi connectivity index (χ2n) is 7.96. The van der Waals surface area contributed by atoms with Crippen molar-refractivity contribution < 1.29 is 13.9 Å². The summed E-state index contributed by atoms with van der Waals surface area (Å²) in [5, 5.41) is 6.86. The highest BCUT2D eigenvalue weighted by Crippen LogP contribution is 2.42. The Kier molecular flexibility index (Phi) is 6.93. The monoisotopic (exact) mass is 408 g/mol. The van der Waals surface area contributed by atoms with Crippen LogP contribution >= 0.6 is 0 Å². The van der Waals surface area contributed by atoms with Crippen molar-refractivity contribution in [3.8, 4) is 11.5 Å². The third-order valence-electron chi connectivity index (χ3n) is 4.83. The fourth-order valence-electron chi connectivity index (χ4n) is 3.68. The van der Waals surface area contributed by atoms with Crippen LogP contribution < -0.4 is 20.1 Å². The Morgan fingerprint density at radius 2 is 1.23 bits per heavy atom. The van der Waals surface area contributed by atoms with Crippen LogP contribution in [0.3, 0.4) is 0 Å². The smallest absolute Gasteiger partial charge is 0.125 e. The number of ether oxygens (including phenoxy) is 2. The lowest BCUT2D eigenvalue weighted by atomic mass is 9.87. The van der Waals surface area contributed by atoms with Gasteiger partial charge in [-0.2, -0.15) is 0 Å². The Balaban J connectivity index is 2.12. The Bertz CT molecular complexity index is 888. The fourth-order valence-corrected chi connectivity index (χ4v) is 3.68. The molecule has 30 heavy (non-hydrogen) atoms. The zero-order chi connectivity index (χ0) is 21.7. The van der Waals surface area contributed by atoms with E-state index in [0.29, 0.717) is 12.1 Å². The molecule has 5 nitrogen and oxygen atoms in total. The van der Waals surface area contributed by atoms with Gasteiger partial charge in [0.15, 0.2) is 0 Å². The number of benzene rings is 2. The summed E-state index contributed by atoms with van der Waals surface area (Å²) in [4.78, 5) is 0. The highest BCUT2D eigenvalue weighted by atomic mass is 16.5. The van der Waals surface area contributed by atoms with Crippen LogP contribution in [-0.2, 0) is 0 Å². The van der Waals surface area contributed by atoms with E-state index < -0.39 is 0 Å². The summed E-state index contributed by atoms with van der Waals surface area (Å²) in [6, 6.07) is 17.0. The minimum Gasteiger partial charge on any atom is -0.496 e. The maximum Gasteiger partial charge on any atom is 0.125 e. The van der Waals surface area contributed by atoms with Gasteiger partial charge in [-0.3, -0.25) is 0 Å². The number of rotatable bonds is 9. The quantitative estimate of drug-likeness (QED) is 0.447. The van der Waals surface area contributed by atoms with Crippen LogP contribution in [-0.4, -0.2) is 26.3 Å². The largest absolute Gasteiger partial charge is 0.496 e. The van der Waals surface area contributed by atoms with Crippen LogP contribution in [0.25, 0.3) is 0 Å². The Labute approximate surface area is 179 Å². The van der Waals surface area contributed by atoms with Crippen molar-refractivity contribution in [2.45, 2.75) is 45.7 Å². The van der Waals surface area contributed by atoms with Gasteiger partial charge in [0.2, 0.25) is 0 Å². The standard InChI is InChI=1S/C25H32N2O3/c1-16(2)26-18-9-11-20(23(14-18)28-5)25(22-8-7-13-30-22)21-12-10-19(27-17(3)4)15-24(21)29-6/h7-17,25-27H,1-6H3. The molecule has 0 spiro atoms. The highest BCUT2D eigenvalue weighted by Gasteiger charge is 2.26. The molecule has 2 aromatic carbocycles. The Morgan fingerprint density at radius 3 is 1.60 bits per heavy atom. The molecule has 0 saturated heterocycles. The predicted molar refractivity (Wildman–Crippen MR) is 123 cm³/mol. The number of furan rings is 1. The topological polar surface area (TPSA) is 55.7 Å². The van der Waals surface area contributed by atoms with E-state index in [0.717, 1.165) is 39.8 Å². The van der Waals surface area contributed by atoms with E-state index in [-0.39, 0.29) is 5.92 Å². The van der Waals surface area contributed by atoms with Crippen molar-refractivity contribution in [2.75, 3.05) is 24.9 Å². The number of hydrogen-bond donors (Lipinski definition) is 2. The molecule has 0 amide bonds.